The molecule has 0 aromatic heterocycles. The average Bonchev–Trinajstić information content (AvgIpc) is 2.89. The predicted molar refractivity (Wildman–Crippen MR) is 153 cm³/mol. The molecule has 0 atom stereocenters. The van der Waals surface area contributed by atoms with Gasteiger partial charge < -0.3 is 24.8 Å². The number of carbonyl (C=O) groups is 3. The fourth-order valence-electron chi connectivity index (χ4n) is 3.10. The molecule has 0 aliphatic rings. The molecule has 12 heteroatoms. The van der Waals surface area contributed by atoms with Crippen LogP contribution in [-0.4, -0.2) is 44.3 Å². The minimum absolute atomic E-state index is 0.260. The molecular formula is C26H24ClIN4O6. The van der Waals surface area contributed by atoms with Gasteiger partial charge in [0.15, 0.2) is 18.1 Å². The van der Waals surface area contributed by atoms with Crippen molar-refractivity contribution in [3.8, 4) is 17.2 Å². The van der Waals surface area contributed by atoms with Crippen LogP contribution < -0.4 is 30.3 Å². The van der Waals surface area contributed by atoms with Gasteiger partial charge in [-0.25, -0.2) is 5.43 Å². The topological polar surface area (TPSA) is 127 Å². The van der Waals surface area contributed by atoms with Crippen LogP contribution in [0.25, 0.3) is 0 Å². The average molecular weight is 651 g/mol. The Labute approximate surface area is 237 Å². The van der Waals surface area contributed by atoms with Crippen LogP contribution in [0.5, 0.6) is 17.2 Å². The Hall–Kier alpha value is -3.84. The van der Waals surface area contributed by atoms with E-state index in [0.29, 0.717) is 49.4 Å². The maximum atomic E-state index is 12.3. The van der Waals surface area contributed by atoms with Crippen LogP contribution in [0.3, 0.4) is 0 Å². The van der Waals surface area contributed by atoms with Crippen LogP contribution in [0.15, 0.2) is 65.8 Å². The second-order valence-electron chi connectivity index (χ2n) is 7.46. The third-order valence-electron chi connectivity index (χ3n) is 4.73. The van der Waals surface area contributed by atoms with Crippen LogP contribution in [0.1, 0.15) is 12.5 Å². The molecule has 0 aliphatic heterocycles. The van der Waals surface area contributed by atoms with Gasteiger partial charge in [0.1, 0.15) is 5.75 Å². The number of rotatable bonds is 10. The second-order valence-corrected chi connectivity index (χ2v) is 9.06. The van der Waals surface area contributed by atoms with Crippen molar-refractivity contribution in [3.63, 3.8) is 0 Å². The molecule has 3 aromatic rings. The highest BCUT2D eigenvalue weighted by Gasteiger charge is 2.16. The quantitative estimate of drug-likeness (QED) is 0.129. The molecule has 10 nitrogen and oxygen atoms in total. The van der Waals surface area contributed by atoms with Crippen LogP contribution in [0.4, 0.5) is 11.4 Å². The zero-order valence-electron chi connectivity index (χ0n) is 20.4. The molecule has 0 unspecified atom stereocenters. The number of amides is 3. The maximum Gasteiger partial charge on any atom is 0.329 e. The molecule has 0 heterocycles. The van der Waals surface area contributed by atoms with Crippen molar-refractivity contribution in [1.82, 2.24) is 5.43 Å². The van der Waals surface area contributed by atoms with E-state index in [1.54, 1.807) is 60.7 Å². The molecule has 0 spiro atoms. The van der Waals surface area contributed by atoms with Crippen molar-refractivity contribution < 1.29 is 28.6 Å². The first kappa shape index (κ1) is 28.7. The number of benzene rings is 3. The summed E-state index contributed by atoms with van der Waals surface area (Å²) in [6, 6.07) is 16.9. The van der Waals surface area contributed by atoms with Gasteiger partial charge in [-0.1, -0.05) is 29.8 Å². The van der Waals surface area contributed by atoms with Gasteiger partial charge in [-0.3, -0.25) is 14.4 Å². The van der Waals surface area contributed by atoms with Gasteiger partial charge in [-0.15, -0.1) is 0 Å². The summed E-state index contributed by atoms with van der Waals surface area (Å²) in [6.07, 6.45) is 1.35. The minimum atomic E-state index is -0.958. The summed E-state index contributed by atoms with van der Waals surface area (Å²) in [5, 5.41) is 9.54. The van der Waals surface area contributed by atoms with Crippen molar-refractivity contribution in [2.75, 3.05) is 31.0 Å². The summed E-state index contributed by atoms with van der Waals surface area (Å²) < 4.78 is 17.1. The van der Waals surface area contributed by atoms with Crippen molar-refractivity contribution in [1.29, 1.82) is 0 Å². The zero-order chi connectivity index (χ0) is 27.5. The van der Waals surface area contributed by atoms with Crippen LogP contribution in [0.2, 0.25) is 5.02 Å². The Bertz CT molecular complexity index is 1350. The molecule has 0 radical (unpaired) electrons. The number of anilines is 2. The van der Waals surface area contributed by atoms with E-state index in [0.717, 1.165) is 0 Å². The van der Waals surface area contributed by atoms with Crippen LogP contribution in [-0.2, 0) is 14.4 Å². The molecule has 3 amide bonds. The molecule has 198 valence electrons. The highest BCUT2D eigenvalue weighted by Crippen LogP contribution is 2.33. The largest absolute Gasteiger partial charge is 0.493 e. The molecule has 3 aromatic carbocycles. The first-order valence-electron chi connectivity index (χ1n) is 11.2. The monoisotopic (exact) mass is 650 g/mol. The molecule has 0 aliphatic carbocycles. The molecule has 3 N–H and O–H groups in total. The number of nitrogens with one attached hydrogen (secondary N) is 3. The third kappa shape index (κ3) is 8.35. The van der Waals surface area contributed by atoms with Gasteiger partial charge in [-0.05, 0) is 77.5 Å². The zero-order valence-corrected chi connectivity index (χ0v) is 23.3. The maximum absolute atomic E-state index is 12.3. The summed E-state index contributed by atoms with van der Waals surface area (Å²) >= 11 is 7.96. The molecule has 38 heavy (non-hydrogen) atoms. The van der Waals surface area contributed by atoms with E-state index < -0.39 is 11.8 Å². The highest BCUT2D eigenvalue weighted by atomic mass is 127. The summed E-state index contributed by atoms with van der Waals surface area (Å²) in [5.41, 5.74) is 3.66. The Morgan fingerprint density at radius 1 is 0.974 bits per heavy atom. The Kier molecular flexibility index (Phi) is 10.7. The van der Waals surface area contributed by atoms with Crippen LogP contribution in [0, 0.1) is 3.57 Å². The van der Waals surface area contributed by atoms with Gasteiger partial charge in [0.2, 0.25) is 0 Å². The number of halogens is 2. The number of methoxy groups -OCH3 is 1. The fourth-order valence-corrected chi connectivity index (χ4v) is 4.07. The Morgan fingerprint density at radius 3 is 2.50 bits per heavy atom. The smallest absolute Gasteiger partial charge is 0.329 e. The van der Waals surface area contributed by atoms with Crippen LogP contribution >= 0.6 is 34.2 Å². The normalized spacial score (nSPS) is 10.5. The fraction of sp³-hybridized carbons (Fsp3) is 0.154. The van der Waals surface area contributed by atoms with E-state index in [9.17, 15) is 14.4 Å². The lowest BCUT2D eigenvalue weighted by molar-refractivity contribution is -0.136. The van der Waals surface area contributed by atoms with Crippen molar-refractivity contribution in [2.24, 2.45) is 5.10 Å². The van der Waals surface area contributed by atoms with E-state index in [2.05, 4.69) is 21.2 Å². The lowest BCUT2D eigenvalue weighted by Gasteiger charge is -2.13. The highest BCUT2D eigenvalue weighted by molar-refractivity contribution is 14.1. The summed E-state index contributed by atoms with van der Waals surface area (Å²) in [5.74, 6) is -1.07. The van der Waals surface area contributed by atoms with Crippen molar-refractivity contribution in [2.45, 2.75) is 6.92 Å². The molecule has 3 rings (SSSR count). The number of hydrogen-bond acceptors (Lipinski definition) is 7. The lowest BCUT2D eigenvalue weighted by atomic mass is 10.2. The molecular weight excluding hydrogens is 627 g/mol. The van der Waals surface area contributed by atoms with E-state index in [4.69, 9.17) is 25.8 Å². The van der Waals surface area contributed by atoms with Gasteiger partial charge >= 0.3 is 11.8 Å². The minimum Gasteiger partial charge on any atom is -0.493 e. The van der Waals surface area contributed by atoms with E-state index in [1.165, 1.54) is 13.3 Å². The van der Waals surface area contributed by atoms with E-state index in [-0.39, 0.29) is 12.5 Å². The SMILES string of the molecule is CCOc1ccccc1NC(=O)C(=O)N/N=C\c1cc(I)c(OCC(=O)Nc2cccc(Cl)c2)c(OC)c1. The van der Waals surface area contributed by atoms with Gasteiger partial charge in [0.05, 0.1) is 29.2 Å². The molecule has 0 saturated carbocycles. The number of ether oxygens (including phenoxy) is 3. The Morgan fingerprint density at radius 2 is 1.76 bits per heavy atom. The Balaban J connectivity index is 1.58. The molecule has 0 saturated heterocycles. The van der Waals surface area contributed by atoms with Crippen molar-refractivity contribution in [3.05, 3.63) is 74.8 Å². The number of carbonyl (C=O) groups excluding carboxylic acids is 3. The lowest BCUT2D eigenvalue weighted by Crippen LogP contribution is -2.32. The number of hydrogen-bond donors (Lipinski definition) is 3. The number of nitrogens with zero attached hydrogens (tertiary/aromatic N) is 1. The molecule has 0 fully saturated rings. The standard InChI is InChI=1S/C26H24ClIN4O6/c1-3-37-21-10-5-4-9-20(21)31-25(34)26(35)32-29-14-16-11-19(28)24(22(12-16)36-2)38-15-23(33)30-18-8-6-7-17(27)13-18/h4-14H,3,15H2,1-2H3,(H,30,33)(H,31,34)(H,32,35)/b29-14-. The van der Waals surface area contributed by atoms with E-state index in [1.807, 2.05) is 29.5 Å². The summed E-state index contributed by atoms with van der Waals surface area (Å²) in [6.45, 7) is 1.96. The van der Waals surface area contributed by atoms with Gasteiger partial charge in [0.25, 0.3) is 5.91 Å². The predicted octanol–water partition coefficient (Wildman–Crippen LogP) is 4.46. The number of hydrazone groups is 1. The first-order valence-corrected chi connectivity index (χ1v) is 12.7. The summed E-state index contributed by atoms with van der Waals surface area (Å²) in [4.78, 5) is 36.7. The molecule has 0 bridgehead atoms. The van der Waals surface area contributed by atoms with E-state index >= 15 is 0 Å². The second kappa shape index (κ2) is 14.2. The van der Waals surface area contributed by atoms with Crippen molar-refractivity contribution >= 4 is 69.5 Å². The number of para-hydroxylation sites is 2. The first-order chi connectivity index (χ1) is 18.3. The van der Waals surface area contributed by atoms with Gasteiger partial charge in [-0.2, -0.15) is 5.10 Å². The van der Waals surface area contributed by atoms with Gasteiger partial charge in [0, 0.05) is 10.7 Å². The third-order valence-corrected chi connectivity index (χ3v) is 5.77. The summed E-state index contributed by atoms with van der Waals surface area (Å²) in [7, 11) is 1.46.